The van der Waals surface area contributed by atoms with Crippen LogP contribution in [0.3, 0.4) is 0 Å². The zero-order valence-electron chi connectivity index (χ0n) is 23.2. The lowest BCUT2D eigenvalue weighted by atomic mass is 10.0. The quantitative estimate of drug-likeness (QED) is 0.363. The van der Waals surface area contributed by atoms with Crippen molar-refractivity contribution < 1.29 is 23.5 Å². The number of β-amino-alcohol motifs (C(OH)–C–C–N with tert-alkyl or cyclic N) is 1. The molecule has 1 saturated carbocycles. The maximum absolute atomic E-state index is 12.8. The Morgan fingerprint density at radius 3 is 2.76 bits per heavy atom. The van der Waals surface area contributed by atoms with E-state index in [1.807, 2.05) is 17.4 Å². The average molecular weight is 507 g/mol. The van der Waals surface area contributed by atoms with Crippen LogP contribution in [-0.2, 0) is 4.79 Å². The van der Waals surface area contributed by atoms with E-state index in [4.69, 9.17) is 8.85 Å². The lowest BCUT2D eigenvalue weighted by Crippen LogP contribution is -2.22. The molecule has 0 spiro atoms. The van der Waals surface area contributed by atoms with E-state index >= 15 is 0 Å². The number of ether oxygens (including phenoxy) is 1. The van der Waals surface area contributed by atoms with Crippen molar-refractivity contribution in [1.82, 2.24) is 20.5 Å². The van der Waals surface area contributed by atoms with Gasteiger partial charge in [0.05, 0.1) is 36.5 Å². The molecule has 1 aliphatic carbocycles. The molecule has 2 aliphatic rings. The Balaban J connectivity index is 1.53. The fourth-order valence-corrected chi connectivity index (χ4v) is 4.39. The molecule has 2 amide bonds. The van der Waals surface area contributed by atoms with Gasteiger partial charge in [0, 0.05) is 53.5 Å². The van der Waals surface area contributed by atoms with Crippen molar-refractivity contribution >= 4 is 34.7 Å². The number of rotatable bonds is 8. The molecule has 3 heterocycles. The topological polar surface area (TPSA) is 142 Å². The smallest absolute Gasteiger partial charge is 0.273 e. The van der Waals surface area contributed by atoms with Gasteiger partial charge in [-0.25, -0.2) is 0 Å². The highest BCUT2D eigenvalue weighted by Gasteiger charge is 2.30. The van der Waals surface area contributed by atoms with Gasteiger partial charge in [-0.15, -0.1) is 10.2 Å². The van der Waals surface area contributed by atoms with E-state index in [0.29, 0.717) is 30.9 Å². The number of carbonyl (C=O) groups excluding carboxylic acids is 2. The highest BCUT2D eigenvalue weighted by Crippen LogP contribution is 2.42. The molecule has 192 valence electrons. The van der Waals surface area contributed by atoms with Crippen LogP contribution >= 0.6 is 0 Å². The van der Waals surface area contributed by atoms with E-state index in [-0.39, 0.29) is 29.0 Å². The summed E-state index contributed by atoms with van der Waals surface area (Å²) in [5.41, 5.74) is 2.70. The van der Waals surface area contributed by atoms with Crippen molar-refractivity contribution in [3.63, 3.8) is 0 Å². The van der Waals surface area contributed by atoms with Crippen molar-refractivity contribution in [3.8, 4) is 16.9 Å². The first-order chi connectivity index (χ1) is 19.1. The van der Waals surface area contributed by atoms with Crippen LogP contribution < -0.4 is 25.6 Å². The van der Waals surface area contributed by atoms with Crippen molar-refractivity contribution in [2.75, 3.05) is 42.7 Å². The number of aliphatic hydroxyl groups is 1. The van der Waals surface area contributed by atoms with Gasteiger partial charge in [-0.05, 0) is 31.4 Å². The number of pyridine rings is 1. The van der Waals surface area contributed by atoms with E-state index < -0.39 is 19.0 Å². The van der Waals surface area contributed by atoms with Gasteiger partial charge in [-0.2, -0.15) is 0 Å². The fourth-order valence-electron chi connectivity index (χ4n) is 4.39. The maximum Gasteiger partial charge on any atom is 0.273 e. The van der Waals surface area contributed by atoms with Gasteiger partial charge in [0.25, 0.3) is 5.91 Å². The first-order valence-electron chi connectivity index (χ1n) is 13.5. The minimum atomic E-state index is -2.74. The van der Waals surface area contributed by atoms with Crippen LogP contribution in [0.15, 0.2) is 42.7 Å². The van der Waals surface area contributed by atoms with E-state index in [1.54, 1.807) is 24.5 Å². The summed E-state index contributed by atoms with van der Waals surface area (Å²) in [6, 6.07) is 8.70. The summed E-state index contributed by atoms with van der Waals surface area (Å²) in [5.74, 6) is -0.688. The number of hydrogen-bond donors (Lipinski definition) is 4. The summed E-state index contributed by atoms with van der Waals surface area (Å²) in [6.45, 7) is -1.58. The summed E-state index contributed by atoms with van der Waals surface area (Å²) >= 11 is 0. The number of methoxy groups -OCH3 is 1. The van der Waals surface area contributed by atoms with Gasteiger partial charge in [-0.3, -0.25) is 14.6 Å². The molecule has 0 radical (unpaired) electrons. The van der Waals surface area contributed by atoms with Crippen LogP contribution in [-0.4, -0.2) is 65.4 Å². The molecule has 0 bridgehead atoms. The number of benzene rings is 1. The van der Waals surface area contributed by atoms with Crippen LogP contribution in [0.5, 0.6) is 5.75 Å². The molecule has 11 nitrogen and oxygen atoms in total. The Labute approximate surface area is 218 Å². The highest BCUT2D eigenvalue weighted by atomic mass is 16.5. The zero-order chi connectivity index (χ0) is 28.4. The minimum Gasteiger partial charge on any atom is -0.494 e. The molecule has 2 fully saturated rings. The van der Waals surface area contributed by atoms with Crippen molar-refractivity contribution in [1.29, 1.82) is 0 Å². The summed E-state index contributed by atoms with van der Waals surface area (Å²) in [6.07, 6.45) is 5.23. The number of para-hydroxylation sites is 1. The van der Waals surface area contributed by atoms with Crippen molar-refractivity contribution in [2.24, 2.45) is 5.92 Å². The predicted molar refractivity (Wildman–Crippen MR) is 139 cm³/mol. The number of nitrogens with one attached hydrogen (secondary N) is 3. The number of anilines is 4. The summed E-state index contributed by atoms with van der Waals surface area (Å²) in [5, 5.41) is 25.7. The summed E-state index contributed by atoms with van der Waals surface area (Å²) in [7, 11) is 1.51. The normalized spacial score (nSPS) is 18.4. The maximum atomic E-state index is 12.8. The molecule has 37 heavy (non-hydrogen) atoms. The first kappa shape index (κ1) is 20.9. The van der Waals surface area contributed by atoms with Crippen molar-refractivity contribution in [2.45, 2.75) is 25.4 Å². The third-order valence-electron chi connectivity index (χ3n) is 6.40. The third kappa shape index (κ3) is 5.17. The van der Waals surface area contributed by atoms with E-state index in [0.717, 1.165) is 29.7 Å². The standard InChI is InChI=1S/C26H29N7O4/c1-27-26(36)23-20(12-22(31-32-23)30-25(35)15-6-7-15)29-19-5-3-4-18(24(19)37-2)17-8-10-28-13-21(17)33-11-9-16(34)14-33/h3-5,8,10,12-13,15-16,34H,6-7,9,11,14H2,1-2H3,(H,27,36)(H2,29,30,31,35)/t16-/m0/s1/i1D3. The molecule has 1 atom stereocenters. The Kier molecular flexibility index (Phi) is 5.87. The van der Waals surface area contributed by atoms with Crippen LogP contribution in [0, 0.1) is 5.92 Å². The molecule has 5 rings (SSSR count). The lowest BCUT2D eigenvalue weighted by Gasteiger charge is -2.23. The molecule has 3 aromatic rings. The SMILES string of the molecule is [2H]C([2H])([2H])NC(=O)c1nnc(NC(=O)C2CC2)cc1Nc1cccc(-c2ccncc2N2CC[C@H](O)C2)c1OC. The molecule has 11 heteroatoms. The summed E-state index contributed by atoms with van der Waals surface area (Å²) in [4.78, 5) is 31.5. The Bertz CT molecular complexity index is 1430. The average Bonchev–Trinajstić information content (AvgIpc) is 3.68. The Hall–Kier alpha value is -4.25. The van der Waals surface area contributed by atoms with Gasteiger partial charge in [0.15, 0.2) is 11.5 Å². The summed E-state index contributed by atoms with van der Waals surface area (Å²) < 4.78 is 28.1. The van der Waals surface area contributed by atoms with Gasteiger partial charge in [0.2, 0.25) is 5.91 Å². The molecular formula is C26H29N7O4. The van der Waals surface area contributed by atoms with Crippen LogP contribution in [0.25, 0.3) is 11.1 Å². The van der Waals surface area contributed by atoms with Gasteiger partial charge in [-0.1, -0.05) is 12.1 Å². The first-order valence-corrected chi connectivity index (χ1v) is 12.0. The highest BCUT2D eigenvalue weighted by molar-refractivity contribution is 6.00. The largest absolute Gasteiger partial charge is 0.494 e. The van der Waals surface area contributed by atoms with Crippen LogP contribution in [0.1, 0.15) is 33.9 Å². The second-order valence-corrected chi connectivity index (χ2v) is 9.00. The fraction of sp³-hybridized carbons (Fsp3) is 0.346. The molecule has 2 aromatic heterocycles. The molecule has 1 aliphatic heterocycles. The predicted octanol–water partition coefficient (Wildman–Crippen LogP) is 2.57. The van der Waals surface area contributed by atoms with Crippen molar-refractivity contribution in [3.05, 3.63) is 48.4 Å². The second-order valence-electron chi connectivity index (χ2n) is 9.00. The molecule has 0 unspecified atom stereocenters. The van der Waals surface area contributed by atoms with Crippen LogP contribution in [0.2, 0.25) is 0 Å². The number of amides is 2. The molecule has 1 saturated heterocycles. The Morgan fingerprint density at radius 2 is 2.03 bits per heavy atom. The van der Waals surface area contributed by atoms with E-state index in [1.165, 1.54) is 13.2 Å². The number of aliphatic hydroxyl groups excluding tert-OH is 1. The number of nitrogens with zero attached hydrogens (tertiary/aromatic N) is 4. The van der Waals surface area contributed by atoms with Gasteiger partial charge in [0.1, 0.15) is 5.75 Å². The van der Waals surface area contributed by atoms with Gasteiger partial charge >= 0.3 is 0 Å². The van der Waals surface area contributed by atoms with E-state index in [2.05, 4.69) is 30.7 Å². The Morgan fingerprint density at radius 1 is 1.16 bits per heavy atom. The molecule has 1 aromatic carbocycles. The van der Waals surface area contributed by atoms with Crippen LogP contribution in [0.4, 0.5) is 22.9 Å². The third-order valence-corrected chi connectivity index (χ3v) is 6.40. The molecular weight excluding hydrogens is 474 g/mol. The number of aromatic nitrogens is 3. The number of hydrogen-bond acceptors (Lipinski definition) is 9. The number of carbonyl (C=O) groups is 2. The van der Waals surface area contributed by atoms with Gasteiger partial charge < -0.3 is 30.7 Å². The minimum absolute atomic E-state index is 0.0835. The second kappa shape index (κ2) is 10.4. The zero-order valence-corrected chi connectivity index (χ0v) is 20.2. The monoisotopic (exact) mass is 506 g/mol. The lowest BCUT2D eigenvalue weighted by molar-refractivity contribution is -0.117. The van der Waals surface area contributed by atoms with E-state index in [9.17, 15) is 14.7 Å². The molecule has 4 N–H and O–H groups in total.